The quantitative estimate of drug-likeness (QED) is 0.568. The summed E-state index contributed by atoms with van der Waals surface area (Å²) in [5.74, 6) is 0.363. The maximum atomic E-state index is 12.7. The fourth-order valence-corrected chi connectivity index (χ4v) is 3.17. The van der Waals surface area contributed by atoms with Crippen molar-refractivity contribution in [3.05, 3.63) is 59.7 Å². The standard InChI is InChI=1S/C22H23NO5/c1-15(22(25)23-13-12-17-6-4-5-7-18(17)23)28-21(24)11-9-16-8-10-19(26-2)20(14-16)27-3/h4-11,14-15H,12-13H2,1-3H3/b11-9+/t15-/m1/s1. The SMILES string of the molecule is COc1ccc(/C=C/C(=O)O[C@H](C)C(=O)N2CCc3ccccc32)cc1OC. The zero-order valence-corrected chi connectivity index (χ0v) is 16.2. The molecule has 0 radical (unpaired) electrons. The van der Waals surface area contributed by atoms with E-state index in [1.54, 1.807) is 50.3 Å². The number of nitrogens with zero attached hydrogens (tertiary/aromatic N) is 1. The van der Waals surface area contributed by atoms with Crippen LogP contribution in [0.1, 0.15) is 18.1 Å². The number of amides is 1. The summed E-state index contributed by atoms with van der Waals surface area (Å²) in [4.78, 5) is 26.5. The van der Waals surface area contributed by atoms with Crippen LogP contribution < -0.4 is 14.4 Å². The van der Waals surface area contributed by atoms with Gasteiger partial charge < -0.3 is 19.1 Å². The Kier molecular flexibility index (Phi) is 5.99. The second-order valence-electron chi connectivity index (χ2n) is 6.40. The number of para-hydroxylation sites is 1. The predicted molar refractivity (Wildman–Crippen MR) is 107 cm³/mol. The van der Waals surface area contributed by atoms with Gasteiger partial charge in [-0.25, -0.2) is 4.79 Å². The van der Waals surface area contributed by atoms with Gasteiger partial charge >= 0.3 is 5.97 Å². The summed E-state index contributed by atoms with van der Waals surface area (Å²) in [7, 11) is 3.10. The number of rotatable bonds is 6. The van der Waals surface area contributed by atoms with Crippen LogP contribution in [0.25, 0.3) is 6.08 Å². The van der Waals surface area contributed by atoms with Crippen molar-refractivity contribution >= 4 is 23.6 Å². The lowest BCUT2D eigenvalue weighted by Gasteiger charge is -2.21. The van der Waals surface area contributed by atoms with Crippen molar-refractivity contribution in [3.8, 4) is 11.5 Å². The third kappa shape index (κ3) is 4.17. The van der Waals surface area contributed by atoms with Gasteiger partial charge in [0.15, 0.2) is 17.6 Å². The summed E-state index contributed by atoms with van der Waals surface area (Å²) < 4.78 is 15.7. The van der Waals surface area contributed by atoms with Gasteiger partial charge in [0.2, 0.25) is 0 Å². The van der Waals surface area contributed by atoms with E-state index in [4.69, 9.17) is 14.2 Å². The molecular weight excluding hydrogens is 358 g/mol. The van der Waals surface area contributed by atoms with Crippen LogP contribution in [0, 0.1) is 0 Å². The molecule has 0 fully saturated rings. The Balaban J connectivity index is 1.62. The van der Waals surface area contributed by atoms with Crippen LogP contribution in [0.2, 0.25) is 0 Å². The highest BCUT2D eigenvalue weighted by Crippen LogP contribution is 2.29. The molecule has 0 bridgehead atoms. The number of esters is 1. The molecule has 0 saturated heterocycles. The molecule has 1 atom stereocenters. The minimum atomic E-state index is -0.867. The van der Waals surface area contributed by atoms with E-state index in [1.807, 2.05) is 24.3 Å². The second-order valence-corrected chi connectivity index (χ2v) is 6.40. The van der Waals surface area contributed by atoms with Gasteiger partial charge in [-0.2, -0.15) is 0 Å². The zero-order valence-electron chi connectivity index (χ0n) is 16.2. The van der Waals surface area contributed by atoms with Crippen LogP contribution >= 0.6 is 0 Å². The average Bonchev–Trinajstić information content (AvgIpc) is 3.15. The van der Waals surface area contributed by atoms with Gasteiger partial charge in [0.25, 0.3) is 5.91 Å². The number of hydrogen-bond acceptors (Lipinski definition) is 5. The monoisotopic (exact) mass is 381 g/mol. The summed E-state index contributed by atoms with van der Waals surface area (Å²) >= 11 is 0. The number of carbonyl (C=O) groups is 2. The molecule has 2 aromatic carbocycles. The molecule has 2 aromatic rings. The third-order valence-corrected chi connectivity index (χ3v) is 4.61. The summed E-state index contributed by atoms with van der Waals surface area (Å²) in [6.45, 7) is 2.19. The minimum Gasteiger partial charge on any atom is -0.493 e. The maximum Gasteiger partial charge on any atom is 0.331 e. The van der Waals surface area contributed by atoms with Gasteiger partial charge in [-0.15, -0.1) is 0 Å². The highest BCUT2D eigenvalue weighted by Gasteiger charge is 2.29. The van der Waals surface area contributed by atoms with E-state index >= 15 is 0 Å². The Morgan fingerprint density at radius 3 is 2.57 bits per heavy atom. The van der Waals surface area contributed by atoms with Gasteiger partial charge in [0, 0.05) is 18.3 Å². The third-order valence-electron chi connectivity index (χ3n) is 4.61. The van der Waals surface area contributed by atoms with Gasteiger partial charge in [-0.05, 0) is 48.7 Å². The van der Waals surface area contributed by atoms with E-state index in [0.717, 1.165) is 23.2 Å². The lowest BCUT2D eigenvalue weighted by Crippen LogP contribution is -2.38. The number of carbonyl (C=O) groups excluding carboxylic acids is 2. The largest absolute Gasteiger partial charge is 0.493 e. The molecule has 146 valence electrons. The summed E-state index contributed by atoms with van der Waals surface area (Å²) in [5.41, 5.74) is 2.76. The molecular formula is C22H23NO5. The molecule has 1 aliphatic rings. The van der Waals surface area contributed by atoms with E-state index in [9.17, 15) is 9.59 Å². The van der Waals surface area contributed by atoms with Crippen molar-refractivity contribution in [3.63, 3.8) is 0 Å². The van der Waals surface area contributed by atoms with Crippen LogP contribution in [0.3, 0.4) is 0 Å². The fourth-order valence-electron chi connectivity index (χ4n) is 3.17. The number of ether oxygens (including phenoxy) is 3. The first kappa shape index (κ1) is 19.5. The molecule has 0 aliphatic carbocycles. The van der Waals surface area contributed by atoms with Crippen LogP contribution in [0.5, 0.6) is 11.5 Å². The molecule has 0 unspecified atom stereocenters. The predicted octanol–water partition coefficient (Wildman–Crippen LogP) is 3.24. The van der Waals surface area contributed by atoms with Crippen molar-refractivity contribution in [1.82, 2.24) is 0 Å². The molecule has 6 nitrogen and oxygen atoms in total. The molecule has 1 aliphatic heterocycles. The van der Waals surface area contributed by atoms with E-state index < -0.39 is 12.1 Å². The van der Waals surface area contributed by atoms with Gasteiger partial charge in [0.1, 0.15) is 0 Å². The molecule has 1 amide bonds. The van der Waals surface area contributed by atoms with Crippen molar-refractivity contribution in [2.45, 2.75) is 19.4 Å². The molecule has 0 saturated carbocycles. The lowest BCUT2D eigenvalue weighted by atomic mass is 10.2. The molecule has 28 heavy (non-hydrogen) atoms. The van der Waals surface area contributed by atoms with Crippen LogP contribution in [-0.4, -0.2) is 38.7 Å². The Labute approximate surface area is 164 Å². The lowest BCUT2D eigenvalue weighted by molar-refractivity contribution is -0.149. The normalized spacial score (nSPS) is 13.9. The summed E-state index contributed by atoms with van der Waals surface area (Å²) in [5, 5.41) is 0. The molecule has 0 spiro atoms. The first-order chi connectivity index (χ1) is 13.5. The van der Waals surface area contributed by atoms with E-state index in [1.165, 1.54) is 6.08 Å². The Morgan fingerprint density at radius 2 is 1.82 bits per heavy atom. The second kappa shape index (κ2) is 8.61. The van der Waals surface area contributed by atoms with E-state index in [2.05, 4.69) is 0 Å². The first-order valence-electron chi connectivity index (χ1n) is 9.03. The highest BCUT2D eigenvalue weighted by molar-refractivity contribution is 6.00. The van der Waals surface area contributed by atoms with E-state index in [-0.39, 0.29) is 5.91 Å². The van der Waals surface area contributed by atoms with Crippen LogP contribution in [0.4, 0.5) is 5.69 Å². The van der Waals surface area contributed by atoms with Gasteiger partial charge in [0.05, 0.1) is 14.2 Å². The number of benzene rings is 2. The van der Waals surface area contributed by atoms with Crippen LogP contribution in [-0.2, 0) is 20.7 Å². The fraction of sp³-hybridized carbons (Fsp3) is 0.273. The zero-order chi connectivity index (χ0) is 20.1. The average molecular weight is 381 g/mol. The minimum absolute atomic E-state index is 0.224. The Hall–Kier alpha value is -3.28. The highest BCUT2D eigenvalue weighted by atomic mass is 16.5. The smallest absolute Gasteiger partial charge is 0.331 e. The Bertz CT molecular complexity index is 906. The molecule has 3 rings (SSSR count). The van der Waals surface area contributed by atoms with Crippen molar-refractivity contribution in [1.29, 1.82) is 0 Å². The summed E-state index contributed by atoms with van der Waals surface area (Å²) in [6, 6.07) is 13.1. The van der Waals surface area contributed by atoms with Crippen molar-refractivity contribution in [2.24, 2.45) is 0 Å². The molecule has 0 N–H and O–H groups in total. The summed E-state index contributed by atoms with van der Waals surface area (Å²) in [6.07, 6.45) is 2.84. The number of fused-ring (bicyclic) bond motifs is 1. The number of hydrogen-bond donors (Lipinski definition) is 0. The van der Waals surface area contributed by atoms with Gasteiger partial charge in [-0.1, -0.05) is 24.3 Å². The molecule has 6 heteroatoms. The van der Waals surface area contributed by atoms with Gasteiger partial charge in [-0.3, -0.25) is 4.79 Å². The van der Waals surface area contributed by atoms with Crippen molar-refractivity contribution < 1.29 is 23.8 Å². The van der Waals surface area contributed by atoms with E-state index in [0.29, 0.717) is 18.0 Å². The molecule has 1 heterocycles. The van der Waals surface area contributed by atoms with Crippen LogP contribution in [0.15, 0.2) is 48.5 Å². The topological polar surface area (TPSA) is 65.1 Å². The Morgan fingerprint density at radius 1 is 1.07 bits per heavy atom. The maximum absolute atomic E-state index is 12.7. The molecule has 0 aromatic heterocycles. The van der Waals surface area contributed by atoms with Crippen molar-refractivity contribution in [2.75, 3.05) is 25.7 Å². The number of methoxy groups -OCH3 is 2. The number of anilines is 1. The first-order valence-corrected chi connectivity index (χ1v) is 9.03.